The molecule has 0 aromatic heterocycles. The zero-order valence-electron chi connectivity index (χ0n) is 7.00. The van der Waals surface area contributed by atoms with Crippen molar-refractivity contribution >= 4 is 25.3 Å². The number of rotatable bonds is 1. The van der Waals surface area contributed by atoms with Crippen LogP contribution in [0.25, 0.3) is 6.08 Å². The third-order valence-electron chi connectivity index (χ3n) is 2.33. The van der Waals surface area contributed by atoms with E-state index in [4.69, 9.17) is 11.1 Å². The molecular weight excluding hydrogens is 184 g/mol. The van der Waals surface area contributed by atoms with Crippen LogP contribution >= 0.6 is 11.1 Å². The molecule has 0 radical (unpaired) electrons. The van der Waals surface area contributed by atoms with Gasteiger partial charge in [0.15, 0.2) is 0 Å². The van der Waals surface area contributed by atoms with Crippen molar-refractivity contribution in [1.82, 2.24) is 0 Å². The molecule has 0 heterocycles. The Balaban J connectivity index is 2.42. The molecule has 0 amide bonds. The van der Waals surface area contributed by atoms with Gasteiger partial charge in [0.2, 0.25) is 0 Å². The average Bonchev–Trinajstić information content (AvgIpc) is 2.47. The van der Waals surface area contributed by atoms with Gasteiger partial charge in [0.05, 0.1) is 0 Å². The summed E-state index contributed by atoms with van der Waals surface area (Å²) in [5, 5.41) is 0. The van der Waals surface area contributed by atoms with Crippen LogP contribution in [0.4, 0.5) is 0 Å². The summed E-state index contributed by atoms with van der Waals surface area (Å²) >= 11 is 6.20. The third kappa shape index (κ3) is 1.23. The van der Waals surface area contributed by atoms with Gasteiger partial charge in [0, 0.05) is 5.54 Å². The lowest BCUT2D eigenvalue weighted by atomic mass is 10.1. The van der Waals surface area contributed by atoms with Crippen LogP contribution in [0.15, 0.2) is 30.3 Å². The van der Waals surface area contributed by atoms with Crippen LogP contribution in [-0.4, -0.2) is 8.11 Å². The fourth-order valence-electron chi connectivity index (χ4n) is 1.68. The molecule has 62 valence electrons. The second-order valence-corrected chi connectivity index (χ2v) is 7.33. The molecule has 0 saturated carbocycles. The van der Waals surface area contributed by atoms with Crippen molar-refractivity contribution < 1.29 is 0 Å². The molecule has 0 spiro atoms. The van der Waals surface area contributed by atoms with E-state index in [0.717, 1.165) is 0 Å². The fourth-order valence-corrected chi connectivity index (χ4v) is 3.55. The Morgan fingerprint density at radius 1 is 1.33 bits per heavy atom. The molecule has 0 saturated heterocycles. The van der Waals surface area contributed by atoms with Crippen LogP contribution in [0.1, 0.15) is 16.7 Å². The zero-order valence-corrected chi connectivity index (χ0v) is 8.91. The third-order valence-corrected chi connectivity index (χ3v) is 4.72. The Kier molecular flexibility index (Phi) is 2.07. The number of allylic oxidation sites excluding steroid dienone is 1. The van der Waals surface area contributed by atoms with Gasteiger partial charge in [-0.3, -0.25) is 0 Å². The lowest BCUT2D eigenvalue weighted by molar-refractivity contribution is 1.22. The maximum absolute atomic E-state index is 6.20. The molecule has 2 rings (SSSR count). The second-order valence-electron chi connectivity index (χ2n) is 3.19. The maximum atomic E-state index is 6.20. The highest BCUT2D eigenvalue weighted by molar-refractivity contribution is 7.07. The van der Waals surface area contributed by atoms with Crippen LogP contribution in [0.5, 0.6) is 0 Å². The van der Waals surface area contributed by atoms with Crippen LogP contribution in [0.2, 0.25) is 6.55 Å². The second kappa shape index (κ2) is 3.07. The molecule has 1 aliphatic rings. The van der Waals surface area contributed by atoms with E-state index >= 15 is 0 Å². The minimum Gasteiger partial charge on any atom is -0.171 e. The van der Waals surface area contributed by atoms with Gasteiger partial charge in [-0.05, 0) is 11.1 Å². The van der Waals surface area contributed by atoms with Crippen molar-refractivity contribution in [2.45, 2.75) is 12.1 Å². The molecule has 0 N–H and O–H groups in total. The van der Waals surface area contributed by atoms with Gasteiger partial charge < -0.3 is 0 Å². The molecule has 0 aliphatic heterocycles. The first-order chi connectivity index (χ1) is 5.79. The number of fused-ring (bicyclic) bond motifs is 1. The topological polar surface area (TPSA) is 0 Å². The van der Waals surface area contributed by atoms with Gasteiger partial charge >= 0.3 is 0 Å². The van der Waals surface area contributed by atoms with Crippen LogP contribution < -0.4 is 0 Å². The monoisotopic (exact) mass is 194 g/mol. The molecule has 12 heavy (non-hydrogen) atoms. The Morgan fingerprint density at radius 3 is 2.83 bits per heavy atom. The minimum atomic E-state index is -1.07. The van der Waals surface area contributed by atoms with Crippen molar-refractivity contribution in [1.29, 1.82) is 0 Å². The lowest BCUT2D eigenvalue weighted by Crippen LogP contribution is -2.09. The van der Waals surface area contributed by atoms with E-state index < -0.39 is 8.11 Å². The summed E-state index contributed by atoms with van der Waals surface area (Å²) < 4.78 is 0. The van der Waals surface area contributed by atoms with Crippen molar-refractivity contribution in [2.24, 2.45) is 0 Å². The normalized spacial score (nSPS) is 22.3. The lowest BCUT2D eigenvalue weighted by Gasteiger charge is -2.10. The Bertz CT molecular complexity index is 317. The average molecular weight is 195 g/mol. The predicted molar refractivity (Wildman–Crippen MR) is 57.1 cm³/mol. The quantitative estimate of drug-likeness (QED) is 0.477. The van der Waals surface area contributed by atoms with Crippen LogP contribution in [-0.2, 0) is 0 Å². The molecule has 2 atom stereocenters. The highest BCUT2D eigenvalue weighted by Crippen LogP contribution is 2.32. The van der Waals surface area contributed by atoms with E-state index in [2.05, 4.69) is 43.0 Å². The SMILES string of the molecule is C[SiH](Cl)C1C=Cc2ccccc21. The van der Waals surface area contributed by atoms with E-state index in [9.17, 15) is 0 Å². The highest BCUT2D eigenvalue weighted by Gasteiger charge is 2.21. The van der Waals surface area contributed by atoms with Crippen molar-refractivity contribution in [3.8, 4) is 0 Å². The Hall–Kier alpha value is -0.533. The van der Waals surface area contributed by atoms with Gasteiger partial charge in [-0.25, -0.2) is 0 Å². The minimum absolute atomic E-state index is 0.544. The van der Waals surface area contributed by atoms with E-state index in [0.29, 0.717) is 5.54 Å². The molecule has 1 aromatic rings. The number of hydrogen-bond acceptors (Lipinski definition) is 0. The summed E-state index contributed by atoms with van der Waals surface area (Å²) in [6.07, 6.45) is 4.43. The highest BCUT2D eigenvalue weighted by atomic mass is 35.6. The first-order valence-electron chi connectivity index (χ1n) is 4.20. The van der Waals surface area contributed by atoms with Gasteiger partial charge in [-0.15, -0.1) is 0 Å². The van der Waals surface area contributed by atoms with Crippen molar-refractivity contribution in [3.63, 3.8) is 0 Å². The Labute approximate surface area is 79.2 Å². The first kappa shape index (κ1) is 8.08. The summed E-state index contributed by atoms with van der Waals surface area (Å²) in [5.74, 6) is 0. The molecule has 2 heteroatoms. The van der Waals surface area contributed by atoms with E-state index in [1.165, 1.54) is 11.1 Å². The zero-order chi connectivity index (χ0) is 8.55. The van der Waals surface area contributed by atoms with E-state index in [1.54, 1.807) is 0 Å². The summed E-state index contributed by atoms with van der Waals surface area (Å²) in [4.78, 5) is 0. The number of hydrogen-bond donors (Lipinski definition) is 0. The molecule has 0 bridgehead atoms. The van der Waals surface area contributed by atoms with Gasteiger partial charge in [0.25, 0.3) is 0 Å². The largest absolute Gasteiger partial charge is 0.171 e. The molecular formula is C10H11ClSi. The van der Waals surface area contributed by atoms with Crippen molar-refractivity contribution in [3.05, 3.63) is 41.5 Å². The van der Waals surface area contributed by atoms with Crippen LogP contribution in [0.3, 0.4) is 0 Å². The summed E-state index contributed by atoms with van der Waals surface area (Å²) in [5.41, 5.74) is 3.32. The molecule has 1 aromatic carbocycles. The fraction of sp³-hybridized carbons (Fsp3) is 0.200. The van der Waals surface area contributed by atoms with Crippen LogP contribution in [0, 0.1) is 0 Å². The predicted octanol–water partition coefficient (Wildman–Crippen LogP) is 2.93. The summed E-state index contributed by atoms with van der Waals surface area (Å²) in [7, 11) is -1.07. The maximum Gasteiger partial charge on any atom is 0.149 e. The van der Waals surface area contributed by atoms with E-state index in [1.807, 2.05) is 0 Å². The first-order valence-corrected chi connectivity index (χ1v) is 7.77. The molecule has 1 aliphatic carbocycles. The number of halogens is 1. The van der Waals surface area contributed by atoms with Crippen molar-refractivity contribution in [2.75, 3.05) is 0 Å². The Morgan fingerprint density at radius 2 is 2.08 bits per heavy atom. The summed E-state index contributed by atoms with van der Waals surface area (Å²) in [6.45, 7) is 2.18. The number of benzene rings is 1. The molecule has 2 unspecified atom stereocenters. The molecule has 0 fully saturated rings. The smallest absolute Gasteiger partial charge is 0.149 e. The standard InChI is InChI=1S/C10H11ClSi/c1-12(11)10-7-6-8-4-2-3-5-9(8)10/h2-7,10,12H,1H3. The van der Waals surface area contributed by atoms with Gasteiger partial charge in [-0.1, -0.05) is 43.0 Å². The summed E-state index contributed by atoms with van der Waals surface area (Å²) in [6, 6.07) is 8.50. The van der Waals surface area contributed by atoms with Gasteiger partial charge in [0.1, 0.15) is 8.11 Å². The van der Waals surface area contributed by atoms with E-state index in [-0.39, 0.29) is 0 Å². The molecule has 0 nitrogen and oxygen atoms in total. The van der Waals surface area contributed by atoms with Gasteiger partial charge in [-0.2, -0.15) is 11.1 Å².